The number of hydrogen-bond acceptors (Lipinski definition) is 1. The van der Waals surface area contributed by atoms with E-state index in [1.54, 1.807) is 0 Å². The largest absolute Gasteiger partial charge is 0.289 e. The van der Waals surface area contributed by atoms with Crippen LogP contribution in [0, 0.1) is 13.5 Å². The summed E-state index contributed by atoms with van der Waals surface area (Å²) in [5.41, 5.74) is 1.25. The minimum absolute atomic E-state index is 1.07. The minimum Gasteiger partial charge on any atom is -0.289 e. The van der Waals surface area contributed by atoms with Crippen molar-refractivity contribution in [3.05, 3.63) is 13.5 Å². The van der Waals surface area contributed by atoms with Gasteiger partial charge in [0.05, 0.1) is 6.54 Å². The standard InChI is InChI=1S/C16H31N/c1-4-6-7-8-9-10-11-12-13-14-15-17-16(3)5-2/h15H,1,4-14H2,2-3H3. The Labute approximate surface area is 109 Å². The Morgan fingerprint density at radius 3 is 2.00 bits per heavy atom. The zero-order valence-corrected chi connectivity index (χ0v) is 12.0. The van der Waals surface area contributed by atoms with E-state index >= 15 is 0 Å². The van der Waals surface area contributed by atoms with Crippen LogP contribution in [-0.2, 0) is 0 Å². The van der Waals surface area contributed by atoms with Crippen LogP contribution >= 0.6 is 0 Å². The molecular weight excluding hydrogens is 206 g/mol. The van der Waals surface area contributed by atoms with Crippen molar-refractivity contribution in [3.63, 3.8) is 0 Å². The predicted octanol–water partition coefficient (Wildman–Crippen LogP) is 5.75. The van der Waals surface area contributed by atoms with Crippen LogP contribution in [0.4, 0.5) is 0 Å². The number of nitrogens with zero attached hydrogens (tertiary/aromatic N) is 1. The summed E-state index contributed by atoms with van der Waals surface area (Å²) in [6.07, 6.45) is 14.3. The quantitative estimate of drug-likeness (QED) is 0.302. The van der Waals surface area contributed by atoms with Gasteiger partial charge in [-0.1, -0.05) is 71.6 Å². The lowest BCUT2D eigenvalue weighted by atomic mass is 10.1. The molecule has 0 aromatic carbocycles. The summed E-state index contributed by atoms with van der Waals surface area (Å²) in [5.74, 6) is 0. The van der Waals surface area contributed by atoms with E-state index in [0.29, 0.717) is 0 Å². The summed E-state index contributed by atoms with van der Waals surface area (Å²) in [4.78, 5) is 4.40. The summed E-state index contributed by atoms with van der Waals surface area (Å²) in [6, 6.07) is 0. The first-order chi connectivity index (χ1) is 8.31. The molecule has 0 atom stereocenters. The second-order valence-electron chi connectivity index (χ2n) is 4.87. The van der Waals surface area contributed by atoms with Gasteiger partial charge in [-0.3, -0.25) is 4.99 Å². The van der Waals surface area contributed by atoms with Gasteiger partial charge in [0, 0.05) is 5.71 Å². The molecule has 0 N–H and O–H groups in total. The molecule has 0 aromatic rings. The topological polar surface area (TPSA) is 12.4 Å². The van der Waals surface area contributed by atoms with E-state index in [1.165, 1.54) is 57.1 Å². The van der Waals surface area contributed by atoms with Gasteiger partial charge in [-0.05, 0) is 19.8 Å². The van der Waals surface area contributed by atoms with E-state index in [-0.39, 0.29) is 0 Å². The second-order valence-corrected chi connectivity index (χ2v) is 4.87. The van der Waals surface area contributed by atoms with Crippen molar-refractivity contribution in [1.29, 1.82) is 0 Å². The first-order valence-electron chi connectivity index (χ1n) is 7.45. The SMILES string of the molecule is [CH2]CCCCCCCCCC[CH]N=C(C)CC. The Morgan fingerprint density at radius 1 is 0.941 bits per heavy atom. The third-order valence-electron chi connectivity index (χ3n) is 3.16. The lowest BCUT2D eigenvalue weighted by Gasteiger charge is -2.01. The highest BCUT2D eigenvalue weighted by Crippen LogP contribution is 2.11. The Kier molecular flexibility index (Phi) is 13.5. The van der Waals surface area contributed by atoms with Crippen molar-refractivity contribution in [2.75, 3.05) is 0 Å². The van der Waals surface area contributed by atoms with Crippen LogP contribution in [0.2, 0.25) is 0 Å². The summed E-state index contributed by atoms with van der Waals surface area (Å²) in [7, 11) is 0. The van der Waals surface area contributed by atoms with Crippen molar-refractivity contribution in [2.45, 2.75) is 84.5 Å². The van der Waals surface area contributed by atoms with E-state index in [1.807, 2.05) is 0 Å². The zero-order valence-electron chi connectivity index (χ0n) is 12.0. The second kappa shape index (κ2) is 13.7. The smallest absolute Gasteiger partial charge is 0.0722 e. The molecule has 100 valence electrons. The van der Waals surface area contributed by atoms with Gasteiger partial charge in [-0.25, -0.2) is 0 Å². The number of aliphatic imine (C=N–C) groups is 1. The van der Waals surface area contributed by atoms with E-state index < -0.39 is 0 Å². The molecule has 2 radical (unpaired) electrons. The number of unbranched alkanes of at least 4 members (excludes halogenated alkanes) is 9. The van der Waals surface area contributed by atoms with Crippen LogP contribution in [0.15, 0.2) is 4.99 Å². The molecule has 0 bridgehead atoms. The molecule has 0 rings (SSSR count). The van der Waals surface area contributed by atoms with Gasteiger partial charge in [0.1, 0.15) is 0 Å². The molecule has 1 nitrogen and oxygen atoms in total. The maximum atomic E-state index is 4.40. The van der Waals surface area contributed by atoms with Gasteiger partial charge in [0.2, 0.25) is 0 Å². The van der Waals surface area contributed by atoms with Gasteiger partial charge in [-0.15, -0.1) is 0 Å². The summed E-state index contributed by atoms with van der Waals surface area (Å²) < 4.78 is 0. The highest BCUT2D eigenvalue weighted by atomic mass is 14.7. The van der Waals surface area contributed by atoms with Crippen LogP contribution in [0.1, 0.15) is 84.5 Å². The van der Waals surface area contributed by atoms with Crippen molar-refractivity contribution >= 4 is 5.71 Å². The normalized spacial score (nSPS) is 12.1. The molecule has 0 saturated carbocycles. The first-order valence-corrected chi connectivity index (χ1v) is 7.45. The van der Waals surface area contributed by atoms with E-state index in [2.05, 4.69) is 32.3 Å². The Bertz CT molecular complexity index is 172. The Morgan fingerprint density at radius 2 is 1.47 bits per heavy atom. The van der Waals surface area contributed by atoms with Crippen LogP contribution in [-0.4, -0.2) is 5.71 Å². The summed E-state index contributed by atoms with van der Waals surface area (Å²) in [6.45, 7) is 10.2. The molecular formula is C16H31N. The maximum Gasteiger partial charge on any atom is 0.0722 e. The van der Waals surface area contributed by atoms with E-state index in [9.17, 15) is 0 Å². The fourth-order valence-corrected chi connectivity index (χ4v) is 1.78. The molecule has 1 heteroatoms. The molecule has 0 aliphatic rings. The van der Waals surface area contributed by atoms with Crippen LogP contribution in [0.3, 0.4) is 0 Å². The number of rotatable bonds is 12. The Hall–Kier alpha value is -0.330. The van der Waals surface area contributed by atoms with E-state index in [0.717, 1.165) is 19.3 Å². The third-order valence-corrected chi connectivity index (χ3v) is 3.16. The van der Waals surface area contributed by atoms with Crippen molar-refractivity contribution in [3.8, 4) is 0 Å². The molecule has 0 saturated heterocycles. The highest BCUT2D eigenvalue weighted by molar-refractivity contribution is 5.81. The van der Waals surface area contributed by atoms with Crippen molar-refractivity contribution in [2.24, 2.45) is 4.99 Å². The first kappa shape index (κ1) is 16.7. The van der Waals surface area contributed by atoms with Crippen LogP contribution < -0.4 is 0 Å². The lowest BCUT2D eigenvalue weighted by Crippen LogP contribution is -1.87. The molecule has 0 aliphatic heterocycles. The average Bonchev–Trinajstić information content (AvgIpc) is 2.35. The van der Waals surface area contributed by atoms with Crippen molar-refractivity contribution < 1.29 is 0 Å². The molecule has 0 aliphatic carbocycles. The average molecular weight is 237 g/mol. The van der Waals surface area contributed by atoms with Gasteiger partial charge in [0.15, 0.2) is 0 Å². The molecule has 17 heavy (non-hydrogen) atoms. The maximum absolute atomic E-state index is 4.40. The summed E-state index contributed by atoms with van der Waals surface area (Å²) in [5, 5.41) is 0. The van der Waals surface area contributed by atoms with Gasteiger partial charge in [0.25, 0.3) is 0 Å². The van der Waals surface area contributed by atoms with Gasteiger partial charge < -0.3 is 0 Å². The van der Waals surface area contributed by atoms with E-state index in [4.69, 9.17) is 0 Å². The molecule has 0 amide bonds. The molecule has 0 aromatic heterocycles. The third kappa shape index (κ3) is 13.6. The van der Waals surface area contributed by atoms with Crippen molar-refractivity contribution in [1.82, 2.24) is 0 Å². The molecule has 0 spiro atoms. The Balaban J connectivity index is 3.04. The lowest BCUT2D eigenvalue weighted by molar-refractivity contribution is 0.567. The van der Waals surface area contributed by atoms with Gasteiger partial charge in [-0.2, -0.15) is 0 Å². The molecule has 0 heterocycles. The zero-order chi connectivity index (χ0) is 12.8. The number of hydrogen-bond donors (Lipinski definition) is 0. The van der Waals surface area contributed by atoms with Crippen LogP contribution in [0.5, 0.6) is 0 Å². The van der Waals surface area contributed by atoms with Crippen LogP contribution in [0.25, 0.3) is 0 Å². The van der Waals surface area contributed by atoms with Gasteiger partial charge >= 0.3 is 0 Å². The predicted molar refractivity (Wildman–Crippen MR) is 79.2 cm³/mol. The fraction of sp³-hybridized carbons (Fsp3) is 0.812. The fourth-order valence-electron chi connectivity index (χ4n) is 1.78. The summed E-state index contributed by atoms with van der Waals surface area (Å²) >= 11 is 0. The monoisotopic (exact) mass is 237 g/mol. The highest BCUT2D eigenvalue weighted by Gasteiger charge is 1.92. The molecule has 0 unspecified atom stereocenters. The minimum atomic E-state index is 1.07. The molecule has 0 fully saturated rings.